The largest absolute Gasteiger partial charge is 0.387 e. The van der Waals surface area contributed by atoms with Gasteiger partial charge in [-0.15, -0.1) is 0 Å². The van der Waals surface area contributed by atoms with Crippen molar-refractivity contribution in [3.63, 3.8) is 0 Å². The molecule has 1 saturated carbocycles. The van der Waals surface area contributed by atoms with Crippen molar-refractivity contribution in [2.75, 3.05) is 6.61 Å². The highest BCUT2D eigenvalue weighted by molar-refractivity contribution is 5.77. The summed E-state index contributed by atoms with van der Waals surface area (Å²) < 4.78 is 0. The first-order chi connectivity index (χ1) is 4.24. The van der Waals surface area contributed by atoms with Gasteiger partial charge in [0.15, 0.2) is 0 Å². The summed E-state index contributed by atoms with van der Waals surface area (Å²) >= 11 is 0. The third-order valence-corrected chi connectivity index (χ3v) is 1.33. The van der Waals surface area contributed by atoms with Gasteiger partial charge in [-0.05, 0) is 6.42 Å². The molecule has 0 aromatic heterocycles. The van der Waals surface area contributed by atoms with Gasteiger partial charge < -0.3 is 16.2 Å². The number of rotatable bonds is 2. The Morgan fingerprint density at radius 2 is 2.44 bits per heavy atom. The van der Waals surface area contributed by atoms with Crippen LogP contribution in [-0.2, 0) is 4.79 Å². The molecule has 1 amide bonds. The number of nitrogens with two attached hydrogens (primary N) is 1. The molecule has 0 spiro atoms. The fourth-order valence-corrected chi connectivity index (χ4v) is 0.633. The molecule has 1 rings (SSSR count). The van der Waals surface area contributed by atoms with Crippen molar-refractivity contribution in [2.24, 2.45) is 5.73 Å². The fourth-order valence-electron chi connectivity index (χ4n) is 0.633. The molecule has 0 radical (unpaired) electrons. The van der Waals surface area contributed by atoms with E-state index in [1.54, 1.807) is 0 Å². The maximum atomic E-state index is 10.4. The molecule has 52 valence electrons. The Balaban J connectivity index is 2.12. The molecule has 0 bridgehead atoms. The van der Waals surface area contributed by atoms with E-state index < -0.39 is 6.61 Å². The molecule has 0 saturated heterocycles. The van der Waals surface area contributed by atoms with Crippen molar-refractivity contribution < 1.29 is 9.90 Å². The molecule has 4 heteroatoms. The van der Waals surface area contributed by atoms with Crippen molar-refractivity contribution in [1.82, 2.24) is 5.32 Å². The van der Waals surface area contributed by atoms with Crippen LogP contribution in [-0.4, -0.2) is 29.7 Å². The normalized spacial score (nSPS) is 31.8. The molecule has 2 atom stereocenters. The summed E-state index contributed by atoms with van der Waals surface area (Å²) in [5.74, 6) is -0.340. The van der Waals surface area contributed by atoms with Gasteiger partial charge in [-0.25, -0.2) is 0 Å². The standard InChI is InChI=1S/C5H10N2O2/c6-3-1-4(3)7-5(9)2-8/h3-4,8H,1-2,6H2,(H,7,9). The van der Waals surface area contributed by atoms with Crippen molar-refractivity contribution in [2.45, 2.75) is 18.5 Å². The Bertz CT molecular complexity index is 126. The quantitative estimate of drug-likeness (QED) is 0.412. The van der Waals surface area contributed by atoms with E-state index in [4.69, 9.17) is 10.8 Å². The first-order valence-corrected chi connectivity index (χ1v) is 2.90. The highest BCUT2D eigenvalue weighted by atomic mass is 16.3. The van der Waals surface area contributed by atoms with E-state index in [1.807, 2.05) is 0 Å². The Kier molecular flexibility index (Phi) is 1.68. The summed E-state index contributed by atoms with van der Waals surface area (Å²) in [5.41, 5.74) is 5.37. The molecular weight excluding hydrogens is 120 g/mol. The molecule has 1 aliphatic carbocycles. The molecule has 1 aliphatic rings. The number of hydrogen-bond acceptors (Lipinski definition) is 3. The lowest BCUT2D eigenvalue weighted by molar-refractivity contribution is -0.123. The SMILES string of the molecule is NC1CC1NC(=O)CO. The van der Waals surface area contributed by atoms with Gasteiger partial charge in [-0.2, -0.15) is 0 Å². The van der Waals surface area contributed by atoms with Gasteiger partial charge in [-0.1, -0.05) is 0 Å². The predicted molar refractivity (Wildman–Crippen MR) is 31.6 cm³/mol. The number of aliphatic hydroxyl groups excluding tert-OH is 1. The zero-order valence-corrected chi connectivity index (χ0v) is 5.00. The van der Waals surface area contributed by atoms with E-state index in [-0.39, 0.29) is 18.0 Å². The second kappa shape index (κ2) is 2.33. The van der Waals surface area contributed by atoms with Crippen molar-refractivity contribution in [1.29, 1.82) is 0 Å². The third kappa shape index (κ3) is 1.65. The van der Waals surface area contributed by atoms with Crippen LogP contribution in [0.4, 0.5) is 0 Å². The Morgan fingerprint density at radius 3 is 2.78 bits per heavy atom. The third-order valence-electron chi connectivity index (χ3n) is 1.33. The van der Waals surface area contributed by atoms with Crippen LogP contribution in [0.3, 0.4) is 0 Å². The summed E-state index contributed by atoms with van der Waals surface area (Å²) in [4.78, 5) is 10.4. The molecule has 4 nitrogen and oxygen atoms in total. The van der Waals surface area contributed by atoms with Crippen molar-refractivity contribution in [3.05, 3.63) is 0 Å². The van der Waals surface area contributed by atoms with Gasteiger partial charge in [0.1, 0.15) is 6.61 Å². The maximum absolute atomic E-state index is 10.4. The number of carbonyl (C=O) groups excluding carboxylic acids is 1. The highest BCUT2D eigenvalue weighted by Gasteiger charge is 2.34. The minimum atomic E-state index is -0.441. The number of amides is 1. The number of nitrogens with one attached hydrogen (secondary N) is 1. The Labute approximate surface area is 53.0 Å². The molecule has 0 heterocycles. The minimum absolute atomic E-state index is 0.112. The van der Waals surface area contributed by atoms with Crippen LogP contribution < -0.4 is 11.1 Å². The molecule has 9 heavy (non-hydrogen) atoms. The molecule has 0 aromatic carbocycles. The summed E-state index contributed by atoms with van der Waals surface area (Å²) in [5, 5.41) is 10.8. The first kappa shape index (κ1) is 6.51. The van der Waals surface area contributed by atoms with Crippen molar-refractivity contribution in [3.8, 4) is 0 Å². The number of hydrogen-bond donors (Lipinski definition) is 3. The van der Waals surface area contributed by atoms with E-state index in [2.05, 4.69) is 5.32 Å². The summed E-state index contributed by atoms with van der Waals surface area (Å²) in [6, 6.07) is 0.227. The second-order valence-corrected chi connectivity index (χ2v) is 2.23. The zero-order chi connectivity index (χ0) is 6.85. The molecule has 2 unspecified atom stereocenters. The lowest BCUT2D eigenvalue weighted by Gasteiger charge is -1.97. The monoisotopic (exact) mass is 130 g/mol. The van der Waals surface area contributed by atoms with Crippen LogP contribution in [0.15, 0.2) is 0 Å². The van der Waals surface area contributed by atoms with Crippen molar-refractivity contribution >= 4 is 5.91 Å². The Hall–Kier alpha value is -0.610. The van der Waals surface area contributed by atoms with E-state index in [9.17, 15) is 4.79 Å². The molecule has 4 N–H and O–H groups in total. The van der Waals surface area contributed by atoms with Gasteiger partial charge in [0.05, 0.1) is 0 Å². The van der Waals surface area contributed by atoms with Gasteiger partial charge in [0.2, 0.25) is 5.91 Å². The molecule has 0 aromatic rings. The van der Waals surface area contributed by atoms with E-state index >= 15 is 0 Å². The van der Waals surface area contributed by atoms with Gasteiger partial charge in [0, 0.05) is 12.1 Å². The number of aliphatic hydroxyl groups is 1. The summed E-state index contributed by atoms with van der Waals surface area (Å²) in [6.07, 6.45) is 0.839. The summed E-state index contributed by atoms with van der Waals surface area (Å²) in [6.45, 7) is -0.441. The average Bonchev–Trinajstić information content (AvgIpc) is 2.47. The predicted octanol–water partition coefficient (Wildman–Crippen LogP) is -1.81. The molecule has 1 fully saturated rings. The minimum Gasteiger partial charge on any atom is -0.387 e. The summed E-state index contributed by atoms with van der Waals surface area (Å²) in [7, 11) is 0. The van der Waals surface area contributed by atoms with Crippen LogP contribution in [0.25, 0.3) is 0 Å². The molecule has 0 aliphatic heterocycles. The van der Waals surface area contributed by atoms with Crippen LogP contribution in [0.5, 0.6) is 0 Å². The smallest absolute Gasteiger partial charge is 0.245 e. The van der Waals surface area contributed by atoms with Crippen LogP contribution in [0, 0.1) is 0 Å². The van der Waals surface area contributed by atoms with Gasteiger partial charge in [0.25, 0.3) is 0 Å². The Morgan fingerprint density at radius 1 is 1.89 bits per heavy atom. The van der Waals surface area contributed by atoms with E-state index in [1.165, 1.54) is 0 Å². The lowest BCUT2D eigenvalue weighted by atomic mass is 10.6. The fraction of sp³-hybridized carbons (Fsp3) is 0.800. The van der Waals surface area contributed by atoms with Crippen LogP contribution >= 0.6 is 0 Å². The lowest BCUT2D eigenvalue weighted by Crippen LogP contribution is -2.31. The first-order valence-electron chi connectivity index (χ1n) is 2.90. The van der Waals surface area contributed by atoms with Crippen LogP contribution in [0.2, 0.25) is 0 Å². The van der Waals surface area contributed by atoms with Gasteiger partial charge in [-0.3, -0.25) is 4.79 Å². The zero-order valence-electron chi connectivity index (χ0n) is 5.00. The van der Waals surface area contributed by atoms with E-state index in [0.29, 0.717) is 0 Å². The van der Waals surface area contributed by atoms with Gasteiger partial charge >= 0.3 is 0 Å². The topological polar surface area (TPSA) is 75.3 Å². The molecular formula is C5H10N2O2. The average molecular weight is 130 g/mol. The van der Waals surface area contributed by atoms with Crippen LogP contribution in [0.1, 0.15) is 6.42 Å². The second-order valence-electron chi connectivity index (χ2n) is 2.23. The van der Waals surface area contributed by atoms with E-state index in [0.717, 1.165) is 6.42 Å². The highest BCUT2D eigenvalue weighted by Crippen LogP contribution is 2.16. The maximum Gasteiger partial charge on any atom is 0.245 e. The number of carbonyl (C=O) groups is 1.